The van der Waals surface area contributed by atoms with Crippen molar-refractivity contribution in [3.8, 4) is 11.5 Å². The van der Waals surface area contributed by atoms with Crippen molar-refractivity contribution in [2.45, 2.75) is 26.8 Å². The quantitative estimate of drug-likeness (QED) is 0.820. The summed E-state index contributed by atoms with van der Waals surface area (Å²) in [4.78, 5) is 27.5. The fourth-order valence-corrected chi connectivity index (χ4v) is 3.07. The van der Waals surface area contributed by atoms with Crippen LogP contribution in [-0.4, -0.2) is 37.2 Å². The molecule has 7 heteroatoms. The van der Waals surface area contributed by atoms with E-state index < -0.39 is 5.97 Å². The van der Waals surface area contributed by atoms with E-state index in [1.165, 1.54) is 7.11 Å². The van der Waals surface area contributed by atoms with Crippen LogP contribution in [0.4, 0.5) is 0 Å². The second kappa shape index (κ2) is 7.11. The van der Waals surface area contributed by atoms with Gasteiger partial charge in [-0.2, -0.15) is 0 Å². The molecule has 2 aromatic rings. The molecule has 0 bridgehead atoms. The van der Waals surface area contributed by atoms with E-state index in [4.69, 9.17) is 14.2 Å². The molecule has 1 amide bonds. The number of H-pyrrole nitrogens is 1. The van der Waals surface area contributed by atoms with Gasteiger partial charge in [0.05, 0.1) is 18.7 Å². The minimum atomic E-state index is -0.463. The van der Waals surface area contributed by atoms with Crippen molar-refractivity contribution in [3.05, 3.63) is 46.3 Å². The predicted molar refractivity (Wildman–Crippen MR) is 94.9 cm³/mol. The molecule has 0 saturated heterocycles. The molecule has 3 rings (SSSR count). The van der Waals surface area contributed by atoms with Gasteiger partial charge in [-0.3, -0.25) is 4.79 Å². The highest BCUT2D eigenvalue weighted by Gasteiger charge is 2.24. The van der Waals surface area contributed by atoms with E-state index in [1.807, 2.05) is 25.1 Å². The number of nitrogens with one attached hydrogen (secondary N) is 2. The molecule has 7 nitrogen and oxygen atoms in total. The Kier molecular flexibility index (Phi) is 4.88. The summed E-state index contributed by atoms with van der Waals surface area (Å²) in [5, 5.41) is 2.94. The molecule has 0 aliphatic carbocycles. The third kappa shape index (κ3) is 3.24. The average Bonchev–Trinajstić information content (AvgIpc) is 2.95. The first-order valence-corrected chi connectivity index (χ1v) is 8.40. The smallest absolute Gasteiger partial charge is 0.339 e. The van der Waals surface area contributed by atoms with E-state index in [2.05, 4.69) is 10.3 Å². The van der Waals surface area contributed by atoms with E-state index in [9.17, 15) is 9.59 Å². The van der Waals surface area contributed by atoms with Crippen LogP contribution in [0.25, 0.3) is 0 Å². The Bertz CT molecular complexity index is 856. The number of fused-ring (bicyclic) bond motifs is 1. The molecule has 1 atom stereocenters. The monoisotopic (exact) mass is 358 g/mol. The SMILES string of the molecule is COC(=O)c1c(C)[nH]c(C(=O)NC(C)c2ccc3c(c2)OCCO3)c1C. The normalized spacial score (nSPS) is 13.8. The van der Waals surface area contributed by atoms with Crippen molar-refractivity contribution >= 4 is 11.9 Å². The Balaban J connectivity index is 1.79. The topological polar surface area (TPSA) is 89.7 Å². The zero-order chi connectivity index (χ0) is 18.8. The minimum absolute atomic E-state index is 0.247. The third-order valence-electron chi connectivity index (χ3n) is 4.47. The largest absolute Gasteiger partial charge is 0.486 e. The molecule has 26 heavy (non-hydrogen) atoms. The zero-order valence-electron chi connectivity index (χ0n) is 15.3. The number of benzene rings is 1. The first-order chi connectivity index (χ1) is 12.4. The molecule has 1 aromatic carbocycles. The van der Waals surface area contributed by atoms with Gasteiger partial charge in [0.15, 0.2) is 11.5 Å². The number of hydrogen-bond acceptors (Lipinski definition) is 5. The molecule has 1 aliphatic heterocycles. The van der Waals surface area contributed by atoms with Crippen LogP contribution in [0.1, 0.15) is 50.6 Å². The number of amides is 1. The second-order valence-electron chi connectivity index (χ2n) is 6.21. The number of aryl methyl sites for hydroxylation is 1. The maximum atomic E-state index is 12.7. The number of aromatic nitrogens is 1. The van der Waals surface area contributed by atoms with Gasteiger partial charge in [0.25, 0.3) is 5.91 Å². The summed E-state index contributed by atoms with van der Waals surface area (Å²) >= 11 is 0. The molecule has 0 radical (unpaired) electrons. The summed E-state index contributed by atoms with van der Waals surface area (Å²) in [6.07, 6.45) is 0. The fourth-order valence-electron chi connectivity index (χ4n) is 3.07. The molecular formula is C19H22N2O5. The van der Waals surface area contributed by atoms with Gasteiger partial charge in [-0.15, -0.1) is 0 Å². The van der Waals surface area contributed by atoms with Gasteiger partial charge < -0.3 is 24.5 Å². The van der Waals surface area contributed by atoms with Crippen LogP contribution in [0.15, 0.2) is 18.2 Å². The van der Waals surface area contributed by atoms with Crippen LogP contribution in [0.5, 0.6) is 11.5 Å². The number of ether oxygens (including phenoxy) is 3. The van der Waals surface area contributed by atoms with Crippen LogP contribution in [-0.2, 0) is 4.74 Å². The zero-order valence-corrected chi connectivity index (χ0v) is 15.3. The maximum Gasteiger partial charge on any atom is 0.339 e. The summed E-state index contributed by atoms with van der Waals surface area (Å²) in [6, 6.07) is 5.35. The van der Waals surface area contributed by atoms with Crippen LogP contribution in [0.3, 0.4) is 0 Å². The molecule has 0 spiro atoms. The molecule has 2 N–H and O–H groups in total. The van der Waals surface area contributed by atoms with E-state index >= 15 is 0 Å². The summed E-state index contributed by atoms with van der Waals surface area (Å²) in [6.45, 7) is 6.39. The summed E-state index contributed by atoms with van der Waals surface area (Å²) in [5.41, 5.74) is 2.82. The molecule has 138 valence electrons. The Morgan fingerprint density at radius 3 is 2.58 bits per heavy atom. The minimum Gasteiger partial charge on any atom is -0.486 e. The maximum absolute atomic E-state index is 12.7. The van der Waals surface area contributed by atoms with Crippen molar-refractivity contribution in [1.29, 1.82) is 0 Å². The van der Waals surface area contributed by atoms with Gasteiger partial charge in [0, 0.05) is 5.69 Å². The number of esters is 1. The van der Waals surface area contributed by atoms with Crippen LogP contribution in [0.2, 0.25) is 0 Å². The highest BCUT2D eigenvalue weighted by molar-refractivity contribution is 6.00. The second-order valence-corrected chi connectivity index (χ2v) is 6.21. The molecule has 0 fully saturated rings. The van der Waals surface area contributed by atoms with Gasteiger partial charge in [-0.1, -0.05) is 6.07 Å². The standard InChI is InChI=1S/C19H22N2O5/c1-10-16(19(23)24-4)12(3)20-17(10)18(22)21-11(2)13-5-6-14-15(9-13)26-8-7-25-14/h5-6,9,11,20H,7-8H2,1-4H3,(H,21,22). The number of carbonyl (C=O) groups excluding carboxylic acids is 2. The van der Waals surface area contributed by atoms with Gasteiger partial charge in [-0.25, -0.2) is 4.79 Å². The first-order valence-electron chi connectivity index (χ1n) is 8.40. The van der Waals surface area contributed by atoms with E-state index in [1.54, 1.807) is 13.8 Å². The Morgan fingerprint density at radius 1 is 1.19 bits per heavy atom. The lowest BCUT2D eigenvalue weighted by molar-refractivity contribution is 0.0599. The van der Waals surface area contributed by atoms with Crippen LogP contribution in [0, 0.1) is 13.8 Å². The van der Waals surface area contributed by atoms with Gasteiger partial charge >= 0.3 is 5.97 Å². The molecule has 2 heterocycles. The number of carbonyl (C=O) groups is 2. The third-order valence-corrected chi connectivity index (χ3v) is 4.47. The van der Waals surface area contributed by atoms with Crippen molar-refractivity contribution in [1.82, 2.24) is 10.3 Å². The van der Waals surface area contributed by atoms with E-state index in [0.717, 1.165) is 5.56 Å². The summed E-state index contributed by atoms with van der Waals surface area (Å²) < 4.78 is 15.9. The van der Waals surface area contributed by atoms with Gasteiger partial charge in [0.1, 0.15) is 18.9 Å². The van der Waals surface area contributed by atoms with Gasteiger partial charge in [0.2, 0.25) is 0 Å². The first kappa shape index (κ1) is 17.8. The number of hydrogen-bond donors (Lipinski definition) is 2. The van der Waals surface area contributed by atoms with E-state index in [0.29, 0.717) is 47.2 Å². The van der Waals surface area contributed by atoms with Crippen molar-refractivity contribution < 1.29 is 23.8 Å². The van der Waals surface area contributed by atoms with Crippen LogP contribution < -0.4 is 14.8 Å². The molecule has 1 unspecified atom stereocenters. The fraction of sp³-hybridized carbons (Fsp3) is 0.368. The summed E-state index contributed by atoms with van der Waals surface area (Å²) in [7, 11) is 1.32. The average molecular weight is 358 g/mol. The lowest BCUT2D eigenvalue weighted by atomic mass is 10.1. The Hall–Kier alpha value is -2.96. The summed E-state index contributed by atoms with van der Waals surface area (Å²) in [5.74, 6) is 0.630. The number of aromatic amines is 1. The number of methoxy groups -OCH3 is 1. The van der Waals surface area contributed by atoms with Crippen molar-refractivity contribution in [3.63, 3.8) is 0 Å². The van der Waals surface area contributed by atoms with Crippen molar-refractivity contribution in [2.75, 3.05) is 20.3 Å². The lowest BCUT2D eigenvalue weighted by Crippen LogP contribution is -2.27. The molecule has 1 aliphatic rings. The molecular weight excluding hydrogens is 336 g/mol. The predicted octanol–water partition coefficient (Wildman–Crippen LogP) is 2.68. The Morgan fingerprint density at radius 2 is 1.88 bits per heavy atom. The Labute approximate surface area is 151 Å². The molecule has 0 saturated carbocycles. The highest BCUT2D eigenvalue weighted by atomic mass is 16.6. The van der Waals surface area contributed by atoms with Gasteiger partial charge in [-0.05, 0) is 44.0 Å². The number of rotatable bonds is 4. The van der Waals surface area contributed by atoms with E-state index in [-0.39, 0.29) is 11.9 Å². The molecule has 1 aromatic heterocycles. The lowest BCUT2D eigenvalue weighted by Gasteiger charge is -2.21. The highest BCUT2D eigenvalue weighted by Crippen LogP contribution is 2.32. The van der Waals surface area contributed by atoms with Crippen LogP contribution >= 0.6 is 0 Å². The van der Waals surface area contributed by atoms with Crippen molar-refractivity contribution in [2.24, 2.45) is 0 Å².